The largest absolute Gasteiger partial charge is 0.310 e. The maximum atomic E-state index is 12.6. The minimum absolute atomic E-state index is 0.00366. The van der Waals surface area contributed by atoms with Crippen molar-refractivity contribution in [3.8, 4) is 0 Å². The van der Waals surface area contributed by atoms with Crippen molar-refractivity contribution in [3.63, 3.8) is 0 Å². The van der Waals surface area contributed by atoms with Gasteiger partial charge in [0.1, 0.15) is 5.56 Å². The summed E-state index contributed by atoms with van der Waals surface area (Å²) in [5, 5.41) is 4.59. The minimum atomic E-state index is -0.599. The molecular weight excluding hydrogens is 397 g/mol. The number of benzene rings is 2. The molecule has 7 heteroatoms. The van der Waals surface area contributed by atoms with Gasteiger partial charge in [-0.3, -0.25) is 9.59 Å². The van der Waals surface area contributed by atoms with E-state index >= 15 is 0 Å². The standard InChI is InChI=1S/C21H17Cl2N3O2/c1-14-7-9-15(10-8-14)13-26-11-3-5-17(21(26)28)20(27)25-24-12-16-4-2-6-18(22)19(16)23/h2-12H,13H2,1H3,(H,25,27)/b24-12-. The summed E-state index contributed by atoms with van der Waals surface area (Å²) in [7, 11) is 0. The number of aryl methyl sites for hydroxylation is 1. The molecule has 0 unspecified atom stereocenters. The fourth-order valence-electron chi connectivity index (χ4n) is 2.57. The molecule has 142 valence electrons. The average molecular weight is 414 g/mol. The van der Waals surface area contributed by atoms with Gasteiger partial charge in [0.2, 0.25) is 0 Å². The quantitative estimate of drug-likeness (QED) is 0.501. The zero-order valence-corrected chi connectivity index (χ0v) is 16.5. The third-order valence-corrected chi connectivity index (χ3v) is 4.92. The zero-order chi connectivity index (χ0) is 20.1. The molecule has 1 heterocycles. The Balaban J connectivity index is 1.75. The van der Waals surface area contributed by atoms with E-state index in [4.69, 9.17) is 23.2 Å². The van der Waals surface area contributed by atoms with Gasteiger partial charge in [0, 0.05) is 11.8 Å². The number of aromatic nitrogens is 1. The molecule has 0 spiro atoms. The summed E-state index contributed by atoms with van der Waals surface area (Å²) in [6.45, 7) is 2.37. The highest BCUT2D eigenvalue weighted by atomic mass is 35.5. The number of carbonyl (C=O) groups is 1. The lowest BCUT2D eigenvalue weighted by Gasteiger charge is -2.08. The van der Waals surface area contributed by atoms with Crippen molar-refractivity contribution >= 4 is 35.3 Å². The van der Waals surface area contributed by atoms with Crippen LogP contribution < -0.4 is 11.0 Å². The maximum Gasteiger partial charge on any atom is 0.276 e. The number of nitrogens with one attached hydrogen (secondary N) is 1. The molecule has 1 aromatic heterocycles. The molecule has 5 nitrogen and oxygen atoms in total. The van der Waals surface area contributed by atoms with Gasteiger partial charge in [-0.2, -0.15) is 5.10 Å². The van der Waals surface area contributed by atoms with Gasteiger partial charge in [0.15, 0.2) is 0 Å². The van der Waals surface area contributed by atoms with Gasteiger partial charge in [-0.1, -0.05) is 65.2 Å². The van der Waals surface area contributed by atoms with Crippen LogP contribution in [0, 0.1) is 6.92 Å². The van der Waals surface area contributed by atoms with Gasteiger partial charge in [-0.05, 0) is 30.7 Å². The molecule has 28 heavy (non-hydrogen) atoms. The number of pyridine rings is 1. The topological polar surface area (TPSA) is 63.5 Å². The van der Waals surface area contributed by atoms with Crippen LogP contribution >= 0.6 is 23.2 Å². The molecule has 1 amide bonds. The first-order valence-electron chi connectivity index (χ1n) is 8.48. The second kappa shape index (κ2) is 8.87. The van der Waals surface area contributed by atoms with Crippen molar-refractivity contribution in [3.05, 3.63) is 103 Å². The number of halogens is 2. The molecule has 0 atom stereocenters. The molecule has 0 bridgehead atoms. The first-order valence-corrected chi connectivity index (χ1v) is 9.23. The molecule has 3 aromatic rings. The summed E-state index contributed by atoms with van der Waals surface area (Å²) in [5.74, 6) is -0.599. The smallest absolute Gasteiger partial charge is 0.276 e. The van der Waals surface area contributed by atoms with E-state index in [-0.39, 0.29) is 5.56 Å². The van der Waals surface area contributed by atoms with E-state index in [2.05, 4.69) is 10.5 Å². The first-order chi connectivity index (χ1) is 13.5. The number of rotatable bonds is 5. The van der Waals surface area contributed by atoms with Crippen LogP contribution in [0.15, 0.2) is 70.7 Å². The summed E-state index contributed by atoms with van der Waals surface area (Å²) < 4.78 is 1.48. The molecular formula is C21H17Cl2N3O2. The Morgan fingerprint density at radius 2 is 1.86 bits per heavy atom. The van der Waals surface area contributed by atoms with Gasteiger partial charge in [-0.15, -0.1) is 0 Å². The lowest BCUT2D eigenvalue weighted by atomic mass is 10.1. The number of hydrogen-bond acceptors (Lipinski definition) is 3. The highest BCUT2D eigenvalue weighted by Crippen LogP contribution is 2.24. The van der Waals surface area contributed by atoms with E-state index in [9.17, 15) is 9.59 Å². The van der Waals surface area contributed by atoms with Gasteiger partial charge < -0.3 is 4.57 Å². The van der Waals surface area contributed by atoms with Crippen molar-refractivity contribution in [1.82, 2.24) is 9.99 Å². The molecule has 3 rings (SSSR count). The second-order valence-corrected chi connectivity index (χ2v) is 6.97. The van der Waals surface area contributed by atoms with E-state index in [0.29, 0.717) is 22.2 Å². The van der Waals surface area contributed by atoms with E-state index in [1.54, 1.807) is 30.5 Å². The fourth-order valence-corrected chi connectivity index (χ4v) is 2.92. The Bertz CT molecular complexity index is 1090. The van der Waals surface area contributed by atoms with Crippen LogP contribution in [0.4, 0.5) is 0 Å². The lowest BCUT2D eigenvalue weighted by Crippen LogP contribution is -2.30. The minimum Gasteiger partial charge on any atom is -0.310 e. The van der Waals surface area contributed by atoms with Crippen molar-refractivity contribution in [2.75, 3.05) is 0 Å². The molecule has 0 radical (unpaired) electrons. The van der Waals surface area contributed by atoms with Crippen molar-refractivity contribution in [2.45, 2.75) is 13.5 Å². The maximum absolute atomic E-state index is 12.6. The fraction of sp³-hybridized carbons (Fsp3) is 0.0952. The van der Waals surface area contributed by atoms with Crippen LogP contribution in [0.2, 0.25) is 10.0 Å². The molecule has 0 fully saturated rings. The van der Waals surface area contributed by atoms with Crippen LogP contribution in [-0.2, 0) is 6.54 Å². The van der Waals surface area contributed by atoms with E-state index in [0.717, 1.165) is 11.1 Å². The Labute approximate surface area is 172 Å². The number of amides is 1. The average Bonchev–Trinajstić information content (AvgIpc) is 2.68. The third-order valence-electron chi connectivity index (χ3n) is 4.09. The predicted molar refractivity (Wildman–Crippen MR) is 113 cm³/mol. The van der Waals surface area contributed by atoms with E-state index in [1.165, 1.54) is 16.8 Å². The van der Waals surface area contributed by atoms with Gasteiger partial charge in [0.25, 0.3) is 11.5 Å². The number of carbonyl (C=O) groups excluding carboxylic acids is 1. The lowest BCUT2D eigenvalue weighted by molar-refractivity contribution is 0.0953. The van der Waals surface area contributed by atoms with Crippen molar-refractivity contribution < 1.29 is 4.79 Å². The van der Waals surface area contributed by atoms with Crippen LogP contribution in [0.3, 0.4) is 0 Å². The van der Waals surface area contributed by atoms with Crippen LogP contribution in [0.1, 0.15) is 27.0 Å². The molecule has 1 N–H and O–H groups in total. The first kappa shape index (κ1) is 19.9. The molecule has 0 saturated heterocycles. The Hall–Kier alpha value is -2.89. The zero-order valence-electron chi connectivity index (χ0n) is 15.0. The number of hydrazone groups is 1. The summed E-state index contributed by atoms with van der Waals surface area (Å²) in [4.78, 5) is 25.0. The Morgan fingerprint density at radius 3 is 2.61 bits per heavy atom. The molecule has 0 saturated carbocycles. The number of nitrogens with zero attached hydrogens (tertiary/aromatic N) is 2. The highest BCUT2D eigenvalue weighted by Gasteiger charge is 2.12. The Kier molecular flexibility index (Phi) is 6.29. The second-order valence-electron chi connectivity index (χ2n) is 6.18. The summed E-state index contributed by atoms with van der Waals surface area (Å²) in [5.41, 5.74) is 4.63. The van der Waals surface area contributed by atoms with Gasteiger partial charge in [-0.25, -0.2) is 5.43 Å². The summed E-state index contributed by atoms with van der Waals surface area (Å²) in [6, 6.07) is 16.1. The molecule has 2 aromatic carbocycles. The predicted octanol–water partition coefficient (Wildman–Crippen LogP) is 4.28. The normalized spacial score (nSPS) is 11.0. The van der Waals surface area contributed by atoms with Gasteiger partial charge >= 0.3 is 0 Å². The third kappa shape index (κ3) is 4.68. The monoisotopic (exact) mass is 413 g/mol. The van der Waals surface area contributed by atoms with Crippen LogP contribution in [0.25, 0.3) is 0 Å². The Morgan fingerprint density at radius 1 is 1.11 bits per heavy atom. The van der Waals surface area contributed by atoms with Crippen LogP contribution in [0.5, 0.6) is 0 Å². The summed E-state index contributed by atoms with van der Waals surface area (Å²) >= 11 is 12.0. The summed E-state index contributed by atoms with van der Waals surface area (Å²) in [6.07, 6.45) is 3.02. The highest BCUT2D eigenvalue weighted by molar-refractivity contribution is 6.43. The molecule has 0 aliphatic carbocycles. The molecule has 0 aliphatic heterocycles. The SMILES string of the molecule is Cc1ccc(Cn2cccc(C(=O)N/N=C\c3cccc(Cl)c3Cl)c2=O)cc1. The molecule has 0 aliphatic rings. The number of hydrogen-bond donors (Lipinski definition) is 1. The van der Waals surface area contributed by atoms with Gasteiger partial charge in [0.05, 0.1) is 22.8 Å². The van der Waals surface area contributed by atoms with Crippen LogP contribution in [-0.4, -0.2) is 16.7 Å². The van der Waals surface area contributed by atoms with E-state index in [1.807, 2.05) is 31.2 Å². The van der Waals surface area contributed by atoms with E-state index < -0.39 is 11.5 Å². The van der Waals surface area contributed by atoms with Crippen molar-refractivity contribution in [1.29, 1.82) is 0 Å². The van der Waals surface area contributed by atoms with Crippen molar-refractivity contribution in [2.24, 2.45) is 5.10 Å².